The largest absolute Gasteiger partial charge is 0.446 e. The maximum absolute atomic E-state index is 5.70. The van der Waals surface area contributed by atoms with Crippen molar-refractivity contribution < 1.29 is 9.15 Å². The zero-order chi connectivity index (χ0) is 11.2. The van der Waals surface area contributed by atoms with Gasteiger partial charge in [0.1, 0.15) is 5.76 Å². The molecule has 0 unspecified atom stereocenters. The lowest BCUT2D eigenvalue weighted by Gasteiger charge is -2.20. The Morgan fingerprint density at radius 1 is 1.44 bits per heavy atom. The Labute approximate surface area is 96.4 Å². The molecular weight excluding hydrogens is 204 g/mol. The first-order valence-electron chi connectivity index (χ1n) is 6.04. The van der Waals surface area contributed by atoms with Gasteiger partial charge in [-0.1, -0.05) is 0 Å². The summed E-state index contributed by atoms with van der Waals surface area (Å²) in [5.41, 5.74) is 0. The highest BCUT2D eigenvalue weighted by molar-refractivity contribution is 4.95. The molecule has 2 rings (SSSR count). The van der Waals surface area contributed by atoms with Gasteiger partial charge in [0.25, 0.3) is 0 Å². The Bertz CT molecular complexity index is 306. The van der Waals surface area contributed by atoms with Gasteiger partial charge < -0.3 is 14.5 Å². The number of aromatic nitrogens is 1. The van der Waals surface area contributed by atoms with Gasteiger partial charge in [-0.15, -0.1) is 0 Å². The van der Waals surface area contributed by atoms with E-state index in [9.17, 15) is 0 Å². The molecule has 90 valence electrons. The number of rotatable bonds is 5. The molecule has 1 N–H and O–H groups in total. The van der Waals surface area contributed by atoms with Crippen LogP contribution in [-0.2, 0) is 17.6 Å². The molecule has 0 atom stereocenters. The van der Waals surface area contributed by atoms with Crippen LogP contribution < -0.4 is 5.32 Å². The minimum Gasteiger partial charge on any atom is -0.446 e. The van der Waals surface area contributed by atoms with Gasteiger partial charge in [-0.05, 0) is 25.8 Å². The van der Waals surface area contributed by atoms with Crippen LogP contribution in [-0.4, -0.2) is 31.8 Å². The van der Waals surface area contributed by atoms with Crippen molar-refractivity contribution in [3.05, 3.63) is 17.8 Å². The van der Waals surface area contributed by atoms with Gasteiger partial charge in [0, 0.05) is 32.6 Å². The van der Waals surface area contributed by atoms with E-state index in [2.05, 4.69) is 10.3 Å². The van der Waals surface area contributed by atoms with Gasteiger partial charge in [0.05, 0.1) is 6.20 Å². The highest BCUT2D eigenvalue weighted by Crippen LogP contribution is 2.19. The topological polar surface area (TPSA) is 47.3 Å². The highest BCUT2D eigenvalue weighted by Gasteiger charge is 2.16. The molecule has 0 saturated carbocycles. The first kappa shape index (κ1) is 11.6. The van der Waals surface area contributed by atoms with Crippen LogP contribution in [0.2, 0.25) is 0 Å². The smallest absolute Gasteiger partial charge is 0.194 e. The average Bonchev–Trinajstić information content (AvgIpc) is 2.75. The van der Waals surface area contributed by atoms with Gasteiger partial charge >= 0.3 is 0 Å². The molecule has 1 saturated heterocycles. The third kappa shape index (κ3) is 3.32. The molecule has 4 heteroatoms. The number of nitrogens with one attached hydrogen (secondary N) is 1. The van der Waals surface area contributed by atoms with Gasteiger partial charge in [-0.25, -0.2) is 4.98 Å². The van der Waals surface area contributed by atoms with Crippen LogP contribution in [0.15, 0.2) is 10.6 Å². The Hall–Kier alpha value is -0.870. The number of oxazole rings is 1. The number of hydrogen-bond donors (Lipinski definition) is 1. The summed E-state index contributed by atoms with van der Waals surface area (Å²) in [4.78, 5) is 4.33. The van der Waals surface area contributed by atoms with Crippen molar-refractivity contribution in [2.45, 2.75) is 25.7 Å². The highest BCUT2D eigenvalue weighted by atomic mass is 16.5. The normalized spacial score (nSPS) is 17.8. The third-order valence-corrected chi connectivity index (χ3v) is 3.03. The van der Waals surface area contributed by atoms with Crippen LogP contribution in [0, 0.1) is 5.92 Å². The second-order valence-electron chi connectivity index (χ2n) is 4.33. The van der Waals surface area contributed by atoms with Crippen LogP contribution in [0.1, 0.15) is 24.5 Å². The summed E-state index contributed by atoms with van der Waals surface area (Å²) in [7, 11) is 1.94. The minimum atomic E-state index is 0.685. The molecule has 16 heavy (non-hydrogen) atoms. The van der Waals surface area contributed by atoms with E-state index in [1.807, 2.05) is 13.2 Å². The molecule has 0 spiro atoms. The summed E-state index contributed by atoms with van der Waals surface area (Å²) in [6, 6.07) is 0. The fourth-order valence-electron chi connectivity index (χ4n) is 2.00. The summed E-state index contributed by atoms with van der Waals surface area (Å²) in [5, 5.41) is 3.10. The summed E-state index contributed by atoms with van der Waals surface area (Å²) in [6.45, 7) is 2.71. The van der Waals surface area contributed by atoms with Crippen LogP contribution in [0.5, 0.6) is 0 Å². The second-order valence-corrected chi connectivity index (χ2v) is 4.33. The fraction of sp³-hybridized carbons (Fsp3) is 0.750. The molecule has 4 nitrogen and oxygen atoms in total. The van der Waals surface area contributed by atoms with E-state index in [-0.39, 0.29) is 0 Å². The Morgan fingerprint density at radius 3 is 3.00 bits per heavy atom. The molecule has 1 fully saturated rings. The summed E-state index contributed by atoms with van der Waals surface area (Å²) >= 11 is 0. The van der Waals surface area contributed by atoms with Crippen molar-refractivity contribution in [1.82, 2.24) is 10.3 Å². The van der Waals surface area contributed by atoms with E-state index >= 15 is 0 Å². The molecule has 0 radical (unpaired) electrons. The zero-order valence-corrected chi connectivity index (χ0v) is 9.87. The van der Waals surface area contributed by atoms with Crippen molar-refractivity contribution in [2.24, 2.45) is 5.92 Å². The average molecular weight is 224 g/mol. The minimum absolute atomic E-state index is 0.685. The predicted octanol–water partition coefficient (Wildman–Crippen LogP) is 1.41. The standard InChI is InChI=1S/C12H20N2O2/c1-13-5-2-11-9-14-12(16-11)8-10-3-6-15-7-4-10/h9-10,13H,2-8H2,1H3. The first-order valence-corrected chi connectivity index (χ1v) is 6.04. The molecule has 0 bridgehead atoms. The number of likely N-dealkylation sites (N-methyl/N-ethyl adjacent to an activating group) is 1. The molecule has 0 amide bonds. The maximum Gasteiger partial charge on any atom is 0.194 e. The van der Waals surface area contributed by atoms with Crippen molar-refractivity contribution >= 4 is 0 Å². The van der Waals surface area contributed by atoms with E-state index in [4.69, 9.17) is 9.15 Å². The Balaban J connectivity index is 1.81. The molecule has 1 aliphatic heterocycles. The zero-order valence-electron chi connectivity index (χ0n) is 9.87. The maximum atomic E-state index is 5.70. The van der Waals surface area contributed by atoms with Gasteiger partial charge in [-0.3, -0.25) is 0 Å². The van der Waals surface area contributed by atoms with Gasteiger partial charge in [-0.2, -0.15) is 0 Å². The number of nitrogens with zero attached hydrogens (tertiary/aromatic N) is 1. The third-order valence-electron chi connectivity index (χ3n) is 3.03. The van der Waals surface area contributed by atoms with Crippen molar-refractivity contribution in [3.8, 4) is 0 Å². The predicted molar refractivity (Wildman–Crippen MR) is 61.4 cm³/mol. The van der Waals surface area contributed by atoms with Crippen molar-refractivity contribution in [1.29, 1.82) is 0 Å². The first-order chi connectivity index (χ1) is 7.88. The molecule has 0 aromatic carbocycles. The van der Waals surface area contributed by atoms with E-state index in [1.165, 1.54) is 0 Å². The van der Waals surface area contributed by atoms with Crippen LogP contribution in [0.3, 0.4) is 0 Å². The molecule has 1 aliphatic rings. The van der Waals surface area contributed by atoms with E-state index in [0.717, 1.165) is 57.1 Å². The van der Waals surface area contributed by atoms with Crippen LogP contribution in [0.4, 0.5) is 0 Å². The monoisotopic (exact) mass is 224 g/mol. The fourth-order valence-corrected chi connectivity index (χ4v) is 2.00. The van der Waals surface area contributed by atoms with E-state index in [1.54, 1.807) is 0 Å². The SMILES string of the molecule is CNCCc1cnc(CC2CCOCC2)o1. The lowest BCUT2D eigenvalue weighted by atomic mass is 9.97. The molecular formula is C12H20N2O2. The summed E-state index contributed by atoms with van der Waals surface area (Å²) < 4.78 is 11.0. The van der Waals surface area contributed by atoms with Crippen molar-refractivity contribution in [3.63, 3.8) is 0 Å². The molecule has 1 aromatic heterocycles. The van der Waals surface area contributed by atoms with E-state index in [0.29, 0.717) is 5.92 Å². The van der Waals surface area contributed by atoms with Crippen LogP contribution >= 0.6 is 0 Å². The lowest BCUT2D eigenvalue weighted by molar-refractivity contribution is 0.0646. The van der Waals surface area contributed by atoms with Gasteiger partial charge in [0.15, 0.2) is 5.89 Å². The van der Waals surface area contributed by atoms with Gasteiger partial charge in [0.2, 0.25) is 0 Å². The molecule has 2 heterocycles. The quantitative estimate of drug-likeness (QED) is 0.821. The Morgan fingerprint density at radius 2 is 2.25 bits per heavy atom. The summed E-state index contributed by atoms with van der Waals surface area (Å²) in [6.07, 6.45) is 5.99. The molecule has 1 aromatic rings. The second kappa shape index (κ2) is 6.01. The summed E-state index contributed by atoms with van der Waals surface area (Å²) in [5.74, 6) is 2.55. The van der Waals surface area contributed by atoms with Crippen LogP contribution in [0.25, 0.3) is 0 Å². The number of hydrogen-bond acceptors (Lipinski definition) is 4. The number of ether oxygens (including phenoxy) is 1. The molecule has 0 aliphatic carbocycles. The Kier molecular flexibility index (Phi) is 4.36. The lowest BCUT2D eigenvalue weighted by Crippen LogP contribution is -2.17. The van der Waals surface area contributed by atoms with Crippen molar-refractivity contribution in [2.75, 3.05) is 26.8 Å². The van der Waals surface area contributed by atoms with E-state index < -0.39 is 0 Å².